The number of esters is 1. The molecule has 4 nitrogen and oxygen atoms in total. The maximum absolute atomic E-state index is 11.8. The summed E-state index contributed by atoms with van der Waals surface area (Å²) in [5, 5.41) is 0. The van der Waals surface area contributed by atoms with E-state index in [1.165, 1.54) is 0 Å². The molecule has 0 amide bonds. The van der Waals surface area contributed by atoms with Crippen molar-refractivity contribution in [3.05, 3.63) is 23.8 Å². The van der Waals surface area contributed by atoms with Crippen LogP contribution < -0.4 is 10.6 Å². The van der Waals surface area contributed by atoms with Crippen molar-refractivity contribution >= 4 is 17.3 Å². The van der Waals surface area contributed by atoms with Crippen molar-refractivity contribution in [2.45, 2.75) is 27.2 Å². The van der Waals surface area contributed by atoms with Gasteiger partial charge in [-0.25, -0.2) is 4.79 Å². The summed E-state index contributed by atoms with van der Waals surface area (Å²) in [6, 6.07) is 5.52. The van der Waals surface area contributed by atoms with Gasteiger partial charge in [0.2, 0.25) is 0 Å². The Balaban J connectivity index is 3.02. The van der Waals surface area contributed by atoms with Crippen LogP contribution in [0.5, 0.6) is 0 Å². The number of anilines is 2. The summed E-state index contributed by atoms with van der Waals surface area (Å²) in [5.41, 5.74) is 7.74. The average Bonchev–Trinajstić information content (AvgIpc) is 2.37. The first-order chi connectivity index (χ1) is 8.63. The number of nitrogen functional groups attached to an aromatic ring is 1. The Kier molecular flexibility index (Phi) is 5.49. The predicted octanol–water partition coefficient (Wildman–Crippen LogP) is 2.68. The predicted molar refractivity (Wildman–Crippen MR) is 75.0 cm³/mol. The van der Waals surface area contributed by atoms with E-state index in [4.69, 9.17) is 10.5 Å². The molecular formula is C14H22N2O2. The van der Waals surface area contributed by atoms with Gasteiger partial charge in [-0.2, -0.15) is 0 Å². The molecule has 1 aromatic carbocycles. The lowest BCUT2D eigenvalue weighted by molar-refractivity contribution is 0.0527. The van der Waals surface area contributed by atoms with Crippen LogP contribution in [0.15, 0.2) is 18.2 Å². The second-order valence-corrected chi connectivity index (χ2v) is 4.07. The second-order valence-electron chi connectivity index (χ2n) is 4.07. The van der Waals surface area contributed by atoms with E-state index >= 15 is 0 Å². The van der Waals surface area contributed by atoms with Gasteiger partial charge in [0, 0.05) is 24.5 Å². The zero-order valence-corrected chi connectivity index (χ0v) is 11.4. The van der Waals surface area contributed by atoms with Crippen molar-refractivity contribution in [2.75, 3.05) is 30.3 Å². The van der Waals surface area contributed by atoms with Crippen molar-refractivity contribution in [1.82, 2.24) is 0 Å². The molecule has 0 unspecified atom stereocenters. The molecule has 0 saturated carbocycles. The van der Waals surface area contributed by atoms with Gasteiger partial charge >= 0.3 is 5.97 Å². The minimum absolute atomic E-state index is 0.356. The highest BCUT2D eigenvalue weighted by atomic mass is 16.5. The molecule has 4 heteroatoms. The number of hydrogen-bond donors (Lipinski definition) is 1. The molecule has 0 aliphatic rings. The summed E-state index contributed by atoms with van der Waals surface area (Å²) < 4.78 is 5.00. The third kappa shape index (κ3) is 3.39. The van der Waals surface area contributed by atoms with Gasteiger partial charge < -0.3 is 15.4 Å². The van der Waals surface area contributed by atoms with E-state index in [0.717, 1.165) is 25.2 Å². The van der Waals surface area contributed by atoms with Crippen LogP contribution in [-0.2, 0) is 4.74 Å². The summed E-state index contributed by atoms with van der Waals surface area (Å²) in [5.74, 6) is -0.357. The lowest BCUT2D eigenvalue weighted by atomic mass is 10.1. The number of benzene rings is 1. The number of hydrogen-bond acceptors (Lipinski definition) is 4. The van der Waals surface area contributed by atoms with Crippen molar-refractivity contribution in [3.63, 3.8) is 0 Å². The molecule has 0 aliphatic carbocycles. The van der Waals surface area contributed by atoms with E-state index in [1.807, 2.05) is 12.1 Å². The molecular weight excluding hydrogens is 228 g/mol. The van der Waals surface area contributed by atoms with Crippen LogP contribution in [0.4, 0.5) is 11.4 Å². The van der Waals surface area contributed by atoms with Crippen LogP contribution in [0.1, 0.15) is 37.6 Å². The van der Waals surface area contributed by atoms with E-state index in [-0.39, 0.29) is 5.97 Å². The fourth-order valence-electron chi connectivity index (χ4n) is 1.87. The van der Waals surface area contributed by atoms with E-state index in [0.29, 0.717) is 17.9 Å². The summed E-state index contributed by atoms with van der Waals surface area (Å²) in [6.45, 7) is 8.23. The van der Waals surface area contributed by atoms with Gasteiger partial charge in [-0.05, 0) is 38.5 Å². The Bertz CT molecular complexity index is 405. The number of rotatable bonds is 6. The van der Waals surface area contributed by atoms with Crippen LogP contribution in [0.2, 0.25) is 0 Å². The minimum atomic E-state index is -0.357. The SMILES string of the molecule is CCCN(CC)c1ccc(N)c(C(=O)OCC)c1. The normalized spacial score (nSPS) is 10.2. The first-order valence-corrected chi connectivity index (χ1v) is 6.45. The van der Waals surface area contributed by atoms with Gasteiger partial charge in [0.1, 0.15) is 0 Å². The highest BCUT2D eigenvalue weighted by molar-refractivity contribution is 5.96. The molecule has 2 N–H and O–H groups in total. The van der Waals surface area contributed by atoms with E-state index in [9.17, 15) is 4.79 Å². The first-order valence-electron chi connectivity index (χ1n) is 6.45. The molecule has 0 aliphatic heterocycles. The summed E-state index contributed by atoms with van der Waals surface area (Å²) in [6.07, 6.45) is 1.06. The highest BCUT2D eigenvalue weighted by Crippen LogP contribution is 2.22. The molecule has 0 bridgehead atoms. The van der Waals surface area contributed by atoms with E-state index in [2.05, 4.69) is 18.7 Å². The topological polar surface area (TPSA) is 55.6 Å². The molecule has 1 rings (SSSR count). The lowest BCUT2D eigenvalue weighted by Crippen LogP contribution is -2.23. The minimum Gasteiger partial charge on any atom is -0.462 e. The Morgan fingerprint density at radius 1 is 1.33 bits per heavy atom. The summed E-state index contributed by atoms with van der Waals surface area (Å²) >= 11 is 0. The molecule has 0 spiro atoms. The van der Waals surface area contributed by atoms with Crippen LogP contribution in [0.3, 0.4) is 0 Å². The van der Waals surface area contributed by atoms with Gasteiger partial charge in [0.05, 0.1) is 12.2 Å². The Morgan fingerprint density at radius 2 is 2.06 bits per heavy atom. The van der Waals surface area contributed by atoms with Crippen molar-refractivity contribution in [1.29, 1.82) is 0 Å². The third-order valence-electron chi connectivity index (χ3n) is 2.77. The van der Waals surface area contributed by atoms with Crippen LogP contribution in [0.25, 0.3) is 0 Å². The van der Waals surface area contributed by atoms with Crippen molar-refractivity contribution in [3.8, 4) is 0 Å². The maximum Gasteiger partial charge on any atom is 0.340 e. The standard InChI is InChI=1S/C14H22N2O2/c1-4-9-16(5-2)11-7-8-13(15)12(10-11)14(17)18-6-3/h7-8,10H,4-6,9,15H2,1-3H3. The largest absolute Gasteiger partial charge is 0.462 e. The van der Waals surface area contributed by atoms with Gasteiger partial charge in [-0.3, -0.25) is 0 Å². The number of nitrogens with two attached hydrogens (primary N) is 1. The average molecular weight is 250 g/mol. The smallest absolute Gasteiger partial charge is 0.340 e. The van der Waals surface area contributed by atoms with Gasteiger partial charge in [-0.15, -0.1) is 0 Å². The van der Waals surface area contributed by atoms with Crippen LogP contribution in [-0.4, -0.2) is 25.7 Å². The second kappa shape index (κ2) is 6.89. The number of carbonyl (C=O) groups excluding carboxylic acids is 1. The molecule has 0 heterocycles. The highest BCUT2D eigenvalue weighted by Gasteiger charge is 2.13. The van der Waals surface area contributed by atoms with Gasteiger partial charge in [0.15, 0.2) is 0 Å². The fraction of sp³-hybridized carbons (Fsp3) is 0.500. The molecule has 0 aromatic heterocycles. The molecule has 18 heavy (non-hydrogen) atoms. The Morgan fingerprint density at radius 3 is 2.61 bits per heavy atom. The Hall–Kier alpha value is -1.71. The lowest BCUT2D eigenvalue weighted by Gasteiger charge is -2.23. The van der Waals surface area contributed by atoms with Crippen LogP contribution >= 0.6 is 0 Å². The number of carbonyl (C=O) groups is 1. The third-order valence-corrected chi connectivity index (χ3v) is 2.77. The number of nitrogens with zero attached hydrogens (tertiary/aromatic N) is 1. The first kappa shape index (κ1) is 14.4. The van der Waals surface area contributed by atoms with E-state index < -0.39 is 0 Å². The quantitative estimate of drug-likeness (QED) is 0.623. The summed E-state index contributed by atoms with van der Waals surface area (Å²) in [4.78, 5) is 14.0. The molecule has 0 fully saturated rings. The summed E-state index contributed by atoms with van der Waals surface area (Å²) in [7, 11) is 0. The molecule has 0 saturated heterocycles. The van der Waals surface area contributed by atoms with Crippen LogP contribution in [0, 0.1) is 0 Å². The van der Waals surface area contributed by atoms with Gasteiger partial charge in [-0.1, -0.05) is 6.92 Å². The molecule has 0 atom stereocenters. The zero-order chi connectivity index (χ0) is 13.5. The van der Waals surface area contributed by atoms with Crippen molar-refractivity contribution < 1.29 is 9.53 Å². The number of ether oxygens (including phenoxy) is 1. The fourth-order valence-corrected chi connectivity index (χ4v) is 1.87. The molecule has 1 aromatic rings. The van der Waals surface area contributed by atoms with Crippen molar-refractivity contribution in [2.24, 2.45) is 0 Å². The molecule has 0 radical (unpaired) electrons. The van der Waals surface area contributed by atoms with E-state index in [1.54, 1.807) is 13.0 Å². The molecule has 100 valence electrons. The maximum atomic E-state index is 11.8. The Labute approximate surface area is 109 Å². The zero-order valence-electron chi connectivity index (χ0n) is 11.4. The van der Waals surface area contributed by atoms with Gasteiger partial charge in [0.25, 0.3) is 0 Å². The monoisotopic (exact) mass is 250 g/mol.